The number of ether oxygens (including phenoxy) is 2. The van der Waals surface area contributed by atoms with Crippen LogP contribution in [0.3, 0.4) is 0 Å². The zero-order valence-corrected chi connectivity index (χ0v) is 21.6. The van der Waals surface area contributed by atoms with Crippen LogP contribution in [-0.2, 0) is 19.1 Å². The molecule has 7 nitrogen and oxygen atoms in total. The van der Waals surface area contributed by atoms with Crippen molar-refractivity contribution >= 4 is 29.7 Å². The number of β-lactam (4-membered cyclic amide) rings is 1. The first kappa shape index (κ1) is 25.6. The first-order chi connectivity index (χ1) is 17.2. The Morgan fingerprint density at radius 2 is 1.64 bits per heavy atom. The van der Waals surface area contributed by atoms with E-state index in [1.807, 2.05) is 79.7 Å². The molecule has 0 aliphatic carbocycles. The molecule has 0 bridgehead atoms. The van der Waals surface area contributed by atoms with Gasteiger partial charge in [0.1, 0.15) is 22.7 Å². The van der Waals surface area contributed by atoms with Crippen LogP contribution in [0.5, 0.6) is 0 Å². The van der Waals surface area contributed by atoms with Gasteiger partial charge >= 0.3 is 12.1 Å². The summed E-state index contributed by atoms with van der Waals surface area (Å²) in [6, 6.07) is 18.2. The van der Waals surface area contributed by atoms with E-state index < -0.39 is 35.2 Å². The van der Waals surface area contributed by atoms with Gasteiger partial charge in [-0.1, -0.05) is 72.8 Å². The van der Waals surface area contributed by atoms with Gasteiger partial charge in [0, 0.05) is 5.75 Å². The van der Waals surface area contributed by atoms with E-state index in [1.165, 1.54) is 16.7 Å². The quantitative estimate of drug-likeness (QED) is 0.441. The van der Waals surface area contributed by atoms with Gasteiger partial charge in [0.15, 0.2) is 6.10 Å². The highest BCUT2D eigenvalue weighted by Crippen LogP contribution is 2.42. The van der Waals surface area contributed by atoms with Crippen LogP contribution >= 0.6 is 11.8 Å². The van der Waals surface area contributed by atoms with Crippen LogP contribution in [0.2, 0.25) is 0 Å². The van der Waals surface area contributed by atoms with E-state index in [1.54, 1.807) is 20.8 Å². The van der Waals surface area contributed by atoms with Crippen molar-refractivity contribution in [2.75, 3.05) is 5.75 Å². The number of fused-ring (bicyclic) bond motifs is 1. The van der Waals surface area contributed by atoms with Crippen molar-refractivity contribution < 1.29 is 23.9 Å². The van der Waals surface area contributed by atoms with E-state index in [9.17, 15) is 14.4 Å². The number of carbonyl (C=O) groups excluding carboxylic acids is 3. The Hall–Kier alpha value is -3.52. The van der Waals surface area contributed by atoms with Crippen LogP contribution in [-0.4, -0.2) is 45.6 Å². The molecule has 0 spiro atoms. The monoisotopic (exact) mass is 506 g/mol. The van der Waals surface area contributed by atoms with Crippen LogP contribution in [0, 0.1) is 0 Å². The van der Waals surface area contributed by atoms with Crippen molar-refractivity contribution in [3.05, 3.63) is 95.2 Å². The predicted molar refractivity (Wildman–Crippen MR) is 139 cm³/mol. The average molecular weight is 507 g/mol. The second-order valence-electron chi connectivity index (χ2n) is 9.51. The van der Waals surface area contributed by atoms with Crippen LogP contribution in [0.4, 0.5) is 4.79 Å². The number of hydrogen-bond acceptors (Lipinski definition) is 6. The normalized spacial score (nSPS) is 19.7. The van der Waals surface area contributed by atoms with E-state index in [0.717, 1.165) is 11.1 Å². The van der Waals surface area contributed by atoms with Crippen molar-refractivity contribution in [2.45, 2.75) is 50.8 Å². The molecule has 2 aliphatic rings. The number of alkyl carbamates (subject to hydrolysis) is 1. The number of esters is 1. The lowest BCUT2D eigenvalue weighted by Crippen LogP contribution is -2.70. The first-order valence-electron chi connectivity index (χ1n) is 11.8. The third-order valence-corrected chi connectivity index (χ3v) is 6.96. The minimum atomic E-state index is -0.779. The number of nitrogens with zero attached hydrogens (tertiary/aromatic N) is 1. The lowest BCUT2D eigenvalue weighted by Gasteiger charge is -2.49. The molecule has 2 amide bonds. The second-order valence-corrected chi connectivity index (χ2v) is 10.6. The Labute approximate surface area is 215 Å². The van der Waals surface area contributed by atoms with Crippen LogP contribution in [0.15, 0.2) is 84.1 Å². The van der Waals surface area contributed by atoms with Crippen molar-refractivity contribution in [1.82, 2.24) is 10.2 Å². The predicted octanol–water partition coefficient (Wildman–Crippen LogP) is 4.96. The minimum Gasteiger partial charge on any atom is -0.448 e. The Morgan fingerprint density at radius 3 is 2.17 bits per heavy atom. The van der Waals surface area contributed by atoms with Crippen LogP contribution in [0.1, 0.15) is 44.9 Å². The zero-order valence-electron chi connectivity index (χ0n) is 20.8. The molecule has 2 aliphatic heterocycles. The fraction of sp³-hybridized carbons (Fsp3) is 0.321. The van der Waals surface area contributed by atoms with E-state index in [2.05, 4.69) is 5.32 Å². The average Bonchev–Trinajstić information content (AvgIpc) is 2.85. The summed E-state index contributed by atoms with van der Waals surface area (Å²) in [5.74, 6) is -0.463. The molecule has 188 valence electrons. The molecule has 4 rings (SSSR count). The summed E-state index contributed by atoms with van der Waals surface area (Å²) in [5, 5.41) is 2.23. The van der Waals surface area contributed by atoms with Gasteiger partial charge in [0.05, 0.1) is 0 Å². The summed E-state index contributed by atoms with van der Waals surface area (Å²) in [6.07, 6.45) is 2.35. The topological polar surface area (TPSA) is 84.9 Å². The lowest BCUT2D eigenvalue weighted by molar-refractivity contribution is -0.153. The number of carbonyl (C=O) groups is 3. The van der Waals surface area contributed by atoms with Gasteiger partial charge in [-0.15, -0.1) is 11.8 Å². The van der Waals surface area contributed by atoms with Crippen LogP contribution < -0.4 is 5.32 Å². The Kier molecular flexibility index (Phi) is 7.54. The molecule has 2 unspecified atom stereocenters. The van der Waals surface area contributed by atoms with Crippen molar-refractivity contribution in [2.24, 2.45) is 0 Å². The number of allylic oxidation sites excluding steroid dienone is 2. The summed E-state index contributed by atoms with van der Waals surface area (Å²) in [7, 11) is 0. The highest BCUT2D eigenvalue weighted by molar-refractivity contribution is 8.00. The molecule has 0 aromatic heterocycles. The molecular formula is C28H30N2O5S. The minimum absolute atomic E-state index is 0.209. The van der Waals surface area contributed by atoms with Gasteiger partial charge in [-0.05, 0) is 44.4 Å². The Bertz CT molecular complexity index is 1150. The molecule has 2 aromatic rings. The number of benzene rings is 2. The molecule has 0 saturated carbocycles. The number of amides is 2. The third-order valence-electron chi connectivity index (χ3n) is 5.66. The Morgan fingerprint density at radius 1 is 1.06 bits per heavy atom. The second kappa shape index (κ2) is 10.6. The van der Waals surface area contributed by atoms with Gasteiger partial charge in [0.2, 0.25) is 0 Å². The van der Waals surface area contributed by atoms with E-state index in [-0.39, 0.29) is 11.6 Å². The number of rotatable bonds is 6. The molecule has 8 heteroatoms. The summed E-state index contributed by atoms with van der Waals surface area (Å²) < 4.78 is 11.4. The zero-order chi connectivity index (χ0) is 25.9. The molecular weight excluding hydrogens is 476 g/mol. The van der Waals surface area contributed by atoms with Gasteiger partial charge in [-0.25, -0.2) is 9.59 Å². The largest absolute Gasteiger partial charge is 0.448 e. The van der Waals surface area contributed by atoms with Gasteiger partial charge < -0.3 is 14.8 Å². The number of nitrogens with one attached hydrogen (secondary N) is 1. The summed E-state index contributed by atoms with van der Waals surface area (Å²) in [6.45, 7) is 7.13. The maximum absolute atomic E-state index is 13.7. The third kappa shape index (κ3) is 5.49. The SMILES string of the molecule is C/C=C/C1=C(C(=O)OC(c2ccccc2)c2ccccc2)N2C(=O)C(NC(=O)OC(C)(C)C)C2SC1. The van der Waals surface area contributed by atoms with Crippen LogP contribution in [0.25, 0.3) is 0 Å². The lowest BCUT2D eigenvalue weighted by atomic mass is 10.0. The molecule has 1 N–H and O–H groups in total. The summed E-state index contributed by atoms with van der Waals surface area (Å²) in [5.41, 5.74) is 1.88. The van der Waals surface area contributed by atoms with Crippen molar-refractivity contribution in [3.8, 4) is 0 Å². The highest BCUT2D eigenvalue weighted by Gasteiger charge is 2.54. The number of thioether (sulfide) groups is 1. The van der Waals surface area contributed by atoms with Gasteiger partial charge in [-0.2, -0.15) is 0 Å². The van der Waals surface area contributed by atoms with Crippen molar-refractivity contribution in [3.63, 3.8) is 0 Å². The summed E-state index contributed by atoms with van der Waals surface area (Å²) >= 11 is 1.48. The van der Waals surface area contributed by atoms with Gasteiger partial charge in [-0.3, -0.25) is 9.69 Å². The molecule has 2 aromatic carbocycles. The molecule has 1 fully saturated rings. The Balaban J connectivity index is 1.60. The van der Waals surface area contributed by atoms with E-state index in [0.29, 0.717) is 11.3 Å². The fourth-order valence-electron chi connectivity index (χ4n) is 4.14. The standard InChI is InChI=1S/C28H30N2O5S/c1-5-12-20-17-36-25-21(29-27(33)35-28(2,3)4)24(31)30(25)22(20)26(32)34-23(18-13-8-6-9-14-18)19-15-10-7-11-16-19/h5-16,21,23,25H,17H2,1-4H3,(H,29,33)/b12-5+. The maximum atomic E-state index is 13.7. The number of hydrogen-bond donors (Lipinski definition) is 1. The maximum Gasteiger partial charge on any atom is 0.408 e. The van der Waals surface area contributed by atoms with E-state index in [4.69, 9.17) is 9.47 Å². The molecule has 36 heavy (non-hydrogen) atoms. The van der Waals surface area contributed by atoms with Gasteiger partial charge in [0.25, 0.3) is 5.91 Å². The highest BCUT2D eigenvalue weighted by atomic mass is 32.2. The van der Waals surface area contributed by atoms with Crippen molar-refractivity contribution in [1.29, 1.82) is 0 Å². The smallest absolute Gasteiger partial charge is 0.408 e. The fourth-order valence-corrected chi connectivity index (χ4v) is 5.46. The molecule has 1 saturated heterocycles. The van der Waals surface area contributed by atoms with E-state index >= 15 is 0 Å². The summed E-state index contributed by atoms with van der Waals surface area (Å²) in [4.78, 5) is 40.6. The molecule has 0 radical (unpaired) electrons. The molecule has 2 atom stereocenters. The molecule has 2 heterocycles. The first-order valence-corrected chi connectivity index (χ1v) is 12.9.